The van der Waals surface area contributed by atoms with Crippen LogP contribution in [-0.4, -0.2) is 33.6 Å². The van der Waals surface area contributed by atoms with E-state index < -0.39 is 23.7 Å². The van der Waals surface area contributed by atoms with Gasteiger partial charge in [0.15, 0.2) is 0 Å². The summed E-state index contributed by atoms with van der Waals surface area (Å²) in [6.45, 7) is 6.01. The van der Waals surface area contributed by atoms with Crippen LogP contribution in [0.4, 0.5) is 13.2 Å². The number of halogens is 3. The second-order valence-corrected chi connectivity index (χ2v) is 8.06. The van der Waals surface area contributed by atoms with Crippen LogP contribution >= 0.6 is 0 Å². The van der Waals surface area contributed by atoms with Crippen molar-refractivity contribution in [2.75, 3.05) is 0 Å². The van der Waals surface area contributed by atoms with Gasteiger partial charge < -0.3 is 5.11 Å². The average Bonchev–Trinajstić information content (AvgIpc) is 2.88. The number of fused-ring (bicyclic) bond motifs is 1. The van der Waals surface area contributed by atoms with Gasteiger partial charge in [-0.3, -0.25) is 4.79 Å². The van der Waals surface area contributed by atoms with Crippen LogP contribution in [0.15, 0.2) is 29.4 Å². The fourth-order valence-corrected chi connectivity index (χ4v) is 3.65. The molecule has 1 fully saturated rings. The number of benzene rings is 1. The summed E-state index contributed by atoms with van der Waals surface area (Å²) in [7, 11) is 0. The minimum atomic E-state index is -4.98. The van der Waals surface area contributed by atoms with E-state index in [0.29, 0.717) is 19.3 Å². The molecule has 0 unspecified atom stereocenters. The fraction of sp³-hybridized carbons (Fsp3) is 0.579. The maximum atomic E-state index is 13.7. The Morgan fingerprint density at radius 1 is 1.19 bits per heavy atom. The van der Waals surface area contributed by atoms with Crippen LogP contribution in [0.3, 0.4) is 0 Å². The Hall–Kier alpha value is -1.89. The van der Waals surface area contributed by atoms with Crippen molar-refractivity contribution < 1.29 is 23.1 Å². The number of amides is 1. The summed E-state index contributed by atoms with van der Waals surface area (Å²) in [5.41, 5.74) is -2.12. The van der Waals surface area contributed by atoms with E-state index in [9.17, 15) is 23.1 Å². The molecule has 0 aromatic heterocycles. The number of rotatable bonds is 1. The number of carbonyl (C=O) groups excluding carboxylic acids is 1. The number of hydrogen-bond donors (Lipinski definition) is 1. The molecule has 1 amide bonds. The summed E-state index contributed by atoms with van der Waals surface area (Å²) in [5, 5.41) is 14.7. The Morgan fingerprint density at radius 2 is 1.81 bits per heavy atom. The zero-order valence-electron chi connectivity index (χ0n) is 15.1. The Morgan fingerprint density at radius 3 is 2.35 bits per heavy atom. The van der Waals surface area contributed by atoms with Crippen LogP contribution in [0.5, 0.6) is 0 Å². The highest BCUT2D eigenvalue weighted by atomic mass is 19.4. The van der Waals surface area contributed by atoms with Crippen LogP contribution in [0.25, 0.3) is 0 Å². The molecule has 1 N–H and O–H groups in total. The second-order valence-electron chi connectivity index (χ2n) is 8.06. The van der Waals surface area contributed by atoms with Crippen LogP contribution in [0.2, 0.25) is 0 Å². The van der Waals surface area contributed by atoms with Gasteiger partial charge in [-0.1, -0.05) is 39.3 Å². The summed E-state index contributed by atoms with van der Waals surface area (Å²) in [6.07, 6.45) is -3.16. The average molecular weight is 368 g/mol. The first-order chi connectivity index (χ1) is 12.0. The third kappa shape index (κ3) is 2.92. The van der Waals surface area contributed by atoms with E-state index in [1.807, 2.05) is 20.8 Å². The van der Waals surface area contributed by atoms with Gasteiger partial charge >= 0.3 is 6.18 Å². The van der Waals surface area contributed by atoms with E-state index in [1.165, 1.54) is 12.1 Å². The first-order valence-corrected chi connectivity index (χ1v) is 8.78. The molecule has 0 radical (unpaired) electrons. The van der Waals surface area contributed by atoms with Crippen molar-refractivity contribution in [1.29, 1.82) is 0 Å². The molecule has 3 rings (SSSR count). The first kappa shape index (κ1) is 18.9. The molecule has 1 aromatic rings. The molecule has 142 valence electrons. The van der Waals surface area contributed by atoms with Gasteiger partial charge in [0.2, 0.25) is 0 Å². The topological polar surface area (TPSA) is 52.9 Å². The Bertz CT molecular complexity index is 735. The van der Waals surface area contributed by atoms with E-state index in [-0.39, 0.29) is 28.1 Å². The lowest BCUT2D eigenvalue weighted by Crippen LogP contribution is -2.61. The van der Waals surface area contributed by atoms with Gasteiger partial charge in [-0.05, 0) is 42.4 Å². The van der Waals surface area contributed by atoms with Gasteiger partial charge in [0.05, 0.1) is 5.92 Å². The summed E-state index contributed by atoms with van der Waals surface area (Å²) >= 11 is 0. The number of alkyl halides is 3. The predicted molar refractivity (Wildman–Crippen MR) is 91.7 cm³/mol. The molecule has 0 bridgehead atoms. The molecule has 2 aliphatic rings. The smallest absolute Gasteiger partial charge is 0.362 e. The van der Waals surface area contributed by atoms with Crippen molar-refractivity contribution in [3.8, 4) is 0 Å². The Labute approximate surface area is 150 Å². The monoisotopic (exact) mass is 368 g/mol. The van der Waals surface area contributed by atoms with Crippen molar-refractivity contribution in [2.24, 2.45) is 11.0 Å². The highest BCUT2D eigenvalue weighted by Gasteiger charge is 2.68. The van der Waals surface area contributed by atoms with Crippen LogP contribution in [-0.2, 0) is 5.41 Å². The number of aliphatic hydroxyl groups is 1. The van der Waals surface area contributed by atoms with Gasteiger partial charge in [0.25, 0.3) is 11.6 Å². The van der Waals surface area contributed by atoms with Crippen molar-refractivity contribution in [3.63, 3.8) is 0 Å². The lowest BCUT2D eigenvalue weighted by Gasteiger charge is -2.38. The molecule has 1 aliphatic heterocycles. The Kier molecular flexibility index (Phi) is 4.42. The quantitative estimate of drug-likeness (QED) is 0.806. The van der Waals surface area contributed by atoms with E-state index in [2.05, 4.69) is 5.10 Å². The van der Waals surface area contributed by atoms with E-state index >= 15 is 0 Å². The lowest BCUT2D eigenvalue weighted by molar-refractivity contribution is -0.312. The number of nitrogens with zero attached hydrogens (tertiary/aromatic N) is 2. The third-order valence-corrected chi connectivity index (χ3v) is 5.22. The van der Waals surface area contributed by atoms with Crippen LogP contribution in [0.1, 0.15) is 62.4 Å². The Balaban J connectivity index is 1.98. The molecular weight excluding hydrogens is 345 g/mol. The van der Waals surface area contributed by atoms with Gasteiger partial charge in [-0.2, -0.15) is 23.3 Å². The summed E-state index contributed by atoms with van der Waals surface area (Å²) in [5.74, 6) is -2.12. The number of carbonyl (C=O) groups is 1. The molecule has 1 saturated carbocycles. The summed E-state index contributed by atoms with van der Waals surface area (Å²) in [4.78, 5) is 12.8. The highest BCUT2D eigenvalue weighted by molar-refractivity contribution is 5.99. The standard InChI is InChI=1S/C19H23F3N2O2/c1-17(2,3)13-10-8-12(9-11-13)16(25)24-18(26,19(20,21)22)14-6-4-5-7-15(14)23-24/h8-11,14,26H,4-7H2,1-3H3/t14-,18-/m0/s1. The molecule has 0 spiro atoms. The molecule has 1 aromatic carbocycles. The fourth-order valence-electron chi connectivity index (χ4n) is 3.65. The van der Waals surface area contributed by atoms with E-state index in [4.69, 9.17) is 0 Å². The molecule has 26 heavy (non-hydrogen) atoms. The lowest BCUT2D eigenvalue weighted by atomic mass is 9.80. The molecular formula is C19H23F3N2O2. The van der Waals surface area contributed by atoms with Crippen molar-refractivity contribution in [3.05, 3.63) is 35.4 Å². The zero-order chi connectivity index (χ0) is 19.3. The van der Waals surface area contributed by atoms with Crippen molar-refractivity contribution in [1.82, 2.24) is 5.01 Å². The van der Waals surface area contributed by atoms with Crippen molar-refractivity contribution >= 4 is 11.6 Å². The van der Waals surface area contributed by atoms with Crippen molar-refractivity contribution in [2.45, 2.75) is 63.8 Å². The zero-order valence-corrected chi connectivity index (χ0v) is 15.1. The van der Waals surface area contributed by atoms with E-state index in [0.717, 1.165) is 5.56 Å². The number of hydrazone groups is 1. The molecule has 4 nitrogen and oxygen atoms in total. The second kappa shape index (κ2) is 6.08. The minimum absolute atomic E-state index is 0.0728. The van der Waals surface area contributed by atoms with Crippen LogP contribution < -0.4 is 0 Å². The van der Waals surface area contributed by atoms with Gasteiger partial charge in [0.1, 0.15) is 0 Å². The van der Waals surface area contributed by atoms with Gasteiger partial charge in [0, 0.05) is 11.3 Å². The largest absolute Gasteiger partial charge is 0.439 e. The van der Waals surface area contributed by atoms with E-state index in [1.54, 1.807) is 12.1 Å². The molecule has 1 heterocycles. The van der Waals surface area contributed by atoms with Gasteiger partial charge in [-0.15, -0.1) is 0 Å². The SMILES string of the molecule is CC(C)(C)c1ccc(C(=O)N2N=C3CCCC[C@@H]3[C@]2(O)C(F)(F)F)cc1. The predicted octanol–water partition coefficient (Wildman–Crippen LogP) is 4.24. The molecule has 7 heteroatoms. The summed E-state index contributed by atoms with van der Waals surface area (Å²) < 4.78 is 41.2. The third-order valence-electron chi connectivity index (χ3n) is 5.22. The molecule has 0 saturated heterocycles. The first-order valence-electron chi connectivity index (χ1n) is 8.78. The normalized spacial score (nSPS) is 26.5. The molecule has 1 aliphatic carbocycles. The van der Waals surface area contributed by atoms with Crippen LogP contribution in [0, 0.1) is 5.92 Å². The summed E-state index contributed by atoms with van der Waals surface area (Å²) in [6, 6.07) is 6.41. The van der Waals surface area contributed by atoms with Gasteiger partial charge in [-0.25, -0.2) is 0 Å². The maximum Gasteiger partial charge on any atom is 0.439 e. The maximum absolute atomic E-state index is 13.7. The molecule has 2 atom stereocenters. The minimum Gasteiger partial charge on any atom is -0.362 e. The highest BCUT2D eigenvalue weighted by Crippen LogP contribution is 2.48. The number of hydrogen-bond acceptors (Lipinski definition) is 3.